The van der Waals surface area contributed by atoms with E-state index in [1.165, 1.54) is 12.6 Å². The van der Waals surface area contributed by atoms with Crippen molar-refractivity contribution in [2.75, 3.05) is 31.1 Å². The van der Waals surface area contributed by atoms with Crippen LogP contribution in [0.1, 0.15) is 18.4 Å². The van der Waals surface area contributed by atoms with Gasteiger partial charge in [0.2, 0.25) is 5.95 Å². The molecule has 0 radical (unpaired) electrons. The highest BCUT2D eigenvalue weighted by atomic mass is 19.4. The molecule has 0 aliphatic carbocycles. The fourth-order valence-electron chi connectivity index (χ4n) is 4.28. The number of piperazine rings is 1. The van der Waals surface area contributed by atoms with Crippen molar-refractivity contribution in [3.8, 4) is 0 Å². The molecule has 4 heterocycles. The molecule has 1 unspecified atom stereocenters. The van der Waals surface area contributed by atoms with Gasteiger partial charge < -0.3 is 4.90 Å². The summed E-state index contributed by atoms with van der Waals surface area (Å²) in [6.07, 6.45) is -0.933. The standard InChI is InChI=1S/C18H17F4N5/c19-14-9-15-12(8-13(14)18(20,21)22)16-3-4-23-27(16)17(24-15)26-7-6-25-5-1-2-11(25)10-26/h3-4,8-9,11H,1-2,5-7,10H2. The summed E-state index contributed by atoms with van der Waals surface area (Å²) >= 11 is 0. The molecule has 0 saturated carbocycles. The second-order valence-electron chi connectivity index (χ2n) is 7.17. The highest BCUT2D eigenvalue weighted by molar-refractivity contribution is 5.95. The number of halogens is 4. The number of rotatable bonds is 1. The van der Waals surface area contributed by atoms with Crippen LogP contribution in [0.15, 0.2) is 24.4 Å². The van der Waals surface area contributed by atoms with Gasteiger partial charge >= 0.3 is 6.18 Å². The molecular weight excluding hydrogens is 362 g/mol. The maximum atomic E-state index is 14.1. The van der Waals surface area contributed by atoms with Crippen molar-refractivity contribution in [1.29, 1.82) is 0 Å². The lowest BCUT2D eigenvalue weighted by Gasteiger charge is -2.38. The largest absolute Gasteiger partial charge is 0.419 e. The highest BCUT2D eigenvalue weighted by Gasteiger charge is 2.35. The van der Waals surface area contributed by atoms with Gasteiger partial charge in [0.25, 0.3) is 0 Å². The summed E-state index contributed by atoms with van der Waals surface area (Å²) in [6.45, 7) is 3.56. The predicted molar refractivity (Wildman–Crippen MR) is 92.3 cm³/mol. The lowest BCUT2D eigenvalue weighted by molar-refractivity contribution is -0.139. The normalized spacial score (nSPS) is 21.3. The first kappa shape index (κ1) is 16.7. The number of benzene rings is 1. The van der Waals surface area contributed by atoms with E-state index in [4.69, 9.17) is 0 Å². The summed E-state index contributed by atoms with van der Waals surface area (Å²) in [6, 6.07) is 3.79. The van der Waals surface area contributed by atoms with E-state index in [0.717, 1.165) is 44.7 Å². The molecule has 27 heavy (non-hydrogen) atoms. The summed E-state index contributed by atoms with van der Waals surface area (Å²) in [5, 5.41) is 4.51. The first-order valence-electron chi connectivity index (χ1n) is 8.95. The summed E-state index contributed by atoms with van der Waals surface area (Å²) < 4.78 is 55.0. The molecule has 9 heteroatoms. The number of fused-ring (bicyclic) bond motifs is 4. The van der Waals surface area contributed by atoms with Gasteiger partial charge in [-0.2, -0.15) is 22.8 Å². The molecule has 5 rings (SSSR count). The molecule has 5 nitrogen and oxygen atoms in total. The Labute approximate surface area is 152 Å². The van der Waals surface area contributed by atoms with Crippen molar-refractivity contribution in [2.45, 2.75) is 25.1 Å². The third-order valence-corrected chi connectivity index (χ3v) is 5.59. The Balaban J connectivity index is 1.66. The SMILES string of the molecule is Fc1cc2nc(N3CCN4CCCC4C3)n3nccc3c2cc1C(F)(F)F. The smallest absolute Gasteiger partial charge is 0.338 e. The number of alkyl halides is 3. The predicted octanol–water partition coefficient (Wildman–Crippen LogP) is 3.32. The van der Waals surface area contributed by atoms with Crippen LogP contribution in [0.5, 0.6) is 0 Å². The Kier molecular flexibility index (Phi) is 3.59. The fourth-order valence-corrected chi connectivity index (χ4v) is 4.28. The Bertz CT molecular complexity index is 1030. The maximum absolute atomic E-state index is 14.1. The highest BCUT2D eigenvalue weighted by Crippen LogP contribution is 2.35. The van der Waals surface area contributed by atoms with Crippen LogP contribution in [0.3, 0.4) is 0 Å². The van der Waals surface area contributed by atoms with Crippen LogP contribution in [0.4, 0.5) is 23.5 Å². The van der Waals surface area contributed by atoms with Crippen molar-refractivity contribution >= 4 is 22.4 Å². The van der Waals surface area contributed by atoms with Crippen molar-refractivity contribution in [3.05, 3.63) is 35.8 Å². The van der Waals surface area contributed by atoms with Gasteiger partial charge in [-0.05, 0) is 31.5 Å². The maximum Gasteiger partial charge on any atom is 0.419 e. The van der Waals surface area contributed by atoms with Crippen molar-refractivity contribution in [3.63, 3.8) is 0 Å². The second kappa shape index (κ2) is 5.79. The van der Waals surface area contributed by atoms with Crippen molar-refractivity contribution in [1.82, 2.24) is 19.5 Å². The van der Waals surface area contributed by atoms with Crippen LogP contribution in [-0.2, 0) is 6.18 Å². The number of hydrogen-bond acceptors (Lipinski definition) is 4. The summed E-state index contributed by atoms with van der Waals surface area (Å²) in [5.74, 6) is -0.758. The van der Waals surface area contributed by atoms with E-state index in [2.05, 4.69) is 19.9 Å². The average molecular weight is 379 g/mol. The van der Waals surface area contributed by atoms with Gasteiger partial charge in [0, 0.05) is 37.1 Å². The van der Waals surface area contributed by atoms with E-state index in [-0.39, 0.29) is 10.9 Å². The molecule has 2 aliphatic rings. The number of aromatic nitrogens is 3. The van der Waals surface area contributed by atoms with E-state index >= 15 is 0 Å². The molecular formula is C18H17F4N5. The number of hydrogen-bond donors (Lipinski definition) is 0. The third kappa shape index (κ3) is 2.63. The minimum atomic E-state index is -4.76. The zero-order valence-electron chi connectivity index (χ0n) is 14.4. The van der Waals surface area contributed by atoms with Gasteiger partial charge in [0.15, 0.2) is 0 Å². The Morgan fingerprint density at radius 1 is 1.11 bits per heavy atom. The second-order valence-corrected chi connectivity index (χ2v) is 7.17. The molecule has 2 fully saturated rings. The number of anilines is 1. The van der Waals surface area contributed by atoms with Gasteiger partial charge in [0.05, 0.1) is 22.8 Å². The molecule has 142 valence electrons. The number of nitrogens with zero attached hydrogens (tertiary/aromatic N) is 5. The Hall–Kier alpha value is -2.42. The van der Waals surface area contributed by atoms with Crippen LogP contribution in [0, 0.1) is 5.82 Å². The van der Waals surface area contributed by atoms with Crippen LogP contribution in [-0.4, -0.2) is 51.7 Å². The molecule has 2 aromatic heterocycles. The van der Waals surface area contributed by atoms with Gasteiger partial charge in [0.1, 0.15) is 5.82 Å². The van der Waals surface area contributed by atoms with Gasteiger partial charge in [-0.15, -0.1) is 0 Å². The molecule has 2 aliphatic heterocycles. The van der Waals surface area contributed by atoms with Crippen LogP contribution < -0.4 is 4.90 Å². The lowest BCUT2D eigenvalue weighted by Crippen LogP contribution is -2.51. The lowest BCUT2D eigenvalue weighted by atomic mass is 10.1. The monoisotopic (exact) mass is 379 g/mol. The minimum Gasteiger partial charge on any atom is -0.338 e. The molecule has 1 atom stereocenters. The zero-order chi connectivity index (χ0) is 18.8. The van der Waals surface area contributed by atoms with E-state index in [1.54, 1.807) is 10.6 Å². The van der Waals surface area contributed by atoms with Crippen LogP contribution in [0.2, 0.25) is 0 Å². The molecule has 0 N–H and O–H groups in total. The first-order valence-corrected chi connectivity index (χ1v) is 8.95. The van der Waals surface area contributed by atoms with Crippen LogP contribution >= 0.6 is 0 Å². The fraction of sp³-hybridized carbons (Fsp3) is 0.444. The zero-order valence-corrected chi connectivity index (χ0v) is 14.4. The Morgan fingerprint density at radius 2 is 1.96 bits per heavy atom. The van der Waals surface area contributed by atoms with Gasteiger partial charge in [-0.25, -0.2) is 9.37 Å². The van der Waals surface area contributed by atoms with Crippen molar-refractivity contribution < 1.29 is 17.6 Å². The average Bonchev–Trinajstić information content (AvgIpc) is 3.28. The molecule has 3 aromatic rings. The molecule has 0 amide bonds. The van der Waals surface area contributed by atoms with E-state index < -0.39 is 17.6 Å². The molecule has 0 spiro atoms. The summed E-state index contributed by atoms with van der Waals surface area (Å²) in [4.78, 5) is 9.05. The molecule has 0 bridgehead atoms. The Morgan fingerprint density at radius 3 is 2.78 bits per heavy atom. The minimum absolute atomic E-state index is 0.206. The summed E-state index contributed by atoms with van der Waals surface area (Å²) in [7, 11) is 0. The first-order chi connectivity index (χ1) is 12.9. The molecule has 1 aromatic carbocycles. The van der Waals surface area contributed by atoms with Gasteiger partial charge in [-0.3, -0.25) is 4.90 Å². The molecule has 2 saturated heterocycles. The summed E-state index contributed by atoms with van der Waals surface area (Å²) in [5.41, 5.74) is -0.584. The van der Waals surface area contributed by atoms with Crippen molar-refractivity contribution in [2.24, 2.45) is 0 Å². The quantitative estimate of drug-likeness (QED) is 0.608. The van der Waals surface area contributed by atoms with E-state index in [1.807, 2.05) is 0 Å². The van der Waals surface area contributed by atoms with E-state index in [9.17, 15) is 17.6 Å². The van der Waals surface area contributed by atoms with Crippen LogP contribution in [0.25, 0.3) is 16.4 Å². The van der Waals surface area contributed by atoms with E-state index in [0.29, 0.717) is 17.5 Å². The third-order valence-electron chi connectivity index (χ3n) is 5.59. The van der Waals surface area contributed by atoms with Gasteiger partial charge in [-0.1, -0.05) is 0 Å². The topological polar surface area (TPSA) is 36.7 Å².